The summed E-state index contributed by atoms with van der Waals surface area (Å²) in [6.45, 7) is 0.799. The van der Waals surface area contributed by atoms with Crippen LogP contribution in [0.1, 0.15) is 5.56 Å². The molecule has 0 spiro atoms. The van der Waals surface area contributed by atoms with Crippen molar-refractivity contribution in [3.8, 4) is 17.2 Å². The third kappa shape index (κ3) is 1.96. The Morgan fingerprint density at radius 1 is 1.33 bits per heavy atom. The minimum Gasteiger partial charge on any atom is -0.508 e. The van der Waals surface area contributed by atoms with Crippen molar-refractivity contribution in [3.63, 3.8) is 0 Å². The van der Waals surface area contributed by atoms with Crippen LogP contribution < -0.4 is 9.47 Å². The number of fused-ring (bicyclic) bond motifs is 1. The van der Waals surface area contributed by atoms with Gasteiger partial charge in [-0.25, -0.2) is 0 Å². The normalized spacial score (nSPS) is 13.6. The van der Waals surface area contributed by atoms with Crippen molar-refractivity contribution in [2.75, 3.05) is 13.2 Å². The van der Waals surface area contributed by atoms with Crippen LogP contribution in [-0.4, -0.2) is 29.4 Å². The molecule has 0 atom stereocenters. The molecule has 1 aromatic rings. The molecule has 2 N–H and O–H groups in total. The van der Waals surface area contributed by atoms with E-state index in [9.17, 15) is 9.90 Å². The molecule has 0 saturated heterocycles. The average Bonchev–Trinajstić information content (AvgIpc) is 2.16. The summed E-state index contributed by atoms with van der Waals surface area (Å²) in [6.07, 6.45) is -0.194. The van der Waals surface area contributed by atoms with Crippen LogP contribution in [0.25, 0.3) is 0 Å². The van der Waals surface area contributed by atoms with Crippen LogP contribution >= 0.6 is 0 Å². The lowest BCUT2D eigenvalue weighted by atomic mass is 10.1. The second-order valence-corrected chi connectivity index (χ2v) is 3.20. The van der Waals surface area contributed by atoms with E-state index < -0.39 is 5.97 Å². The highest BCUT2D eigenvalue weighted by atomic mass is 16.6. The van der Waals surface area contributed by atoms with Crippen LogP contribution in [-0.2, 0) is 11.2 Å². The molecule has 80 valence electrons. The summed E-state index contributed by atoms with van der Waals surface area (Å²) in [4.78, 5) is 10.6. The van der Waals surface area contributed by atoms with E-state index in [1.807, 2.05) is 0 Å². The summed E-state index contributed by atoms with van der Waals surface area (Å²) in [5.41, 5.74) is 0.428. The van der Waals surface area contributed by atoms with E-state index in [1.54, 1.807) is 0 Å². The number of carboxylic acid groups (broad SMARTS) is 1. The quantitative estimate of drug-likeness (QED) is 0.754. The predicted molar refractivity (Wildman–Crippen MR) is 50.4 cm³/mol. The fourth-order valence-electron chi connectivity index (χ4n) is 1.50. The van der Waals surface area contributed by atoms with Crippen LogP contribution in [0.3, 0.4) is 0 Å². The summed E-state index contributed by atoms with van der Waals surface area (Å²) in [7, 11) is 0. The molecule has 1 aliphatic rings. The van der Waals surface area contributed by atoms with E-state index in [1.165, 1.54) is 12.1 Å². The summed E-state index contributed by atoms with van der Waals surface area (Å²) in [5.74, 6) is -0.175. The van der Waals surface area contributed by atoms with Gasteiger partial charge in [-0.1, -0.05) is 0 Å². The van der Waals surface area contributed by atoms with Gasteiger partial charge in [-0.15, -0.1) is 0 Å². The standard InChI is InChI=1S/C10H10O5/c11-7-3-6(4-9(12)13)10-8(5-7)14-1-2-15-10/h3,5,11H,1-2,4H2,(H,12,13). The number of carboxylic acids is 1. The molecule has 1 aliphatic heterocycles. The molecule has 15 heavy (non-hydrogen) atoms. The first-order valence-corrected chi connectivity index (χ1v) is 4.50. The van der Waals surface area contributed by atoms with E-state index in [-0.39, 0.29) is 12.2 Å². The summed E-state index contributed by atoms with van der Waals surface area (Å²) >= 11 is 0. The Morgan fingerprint density at radius 2 is 2.07 bits per heavy atom. The van der Waals surface area contributed by atoms with E-state index in [2.05, 4.69) is 0 Å². The van der Waals surface area contributed by atoms with Gasteiger partial charge in [-0.2, -0.15) is 0 Å². The Bertz CT molecular complexity index is 399. The zero-order valence-corrected chi connectivity index (χ0v) is 7.90. The lowest BCUT2D eigenvalue weighted by Gasteiger charge is -2.20. The van der Waals surface area contributed by atoms with Crippen molar-refractivity contribution >= 4 is 5.97 Å². The fraction of sp³-hybridized carbons (Fsp3) is 0.300. The molecule has 2 rings (SSSR count). The van der Waals surface area contributed by atoms with Gasteiger partial charge in [-0.05, 0) is 6.07 Å². The molecule has 0 bridgehead atoms. The lowest BCUT2D eigenvalue weighted by Crippen LogP contribution is -2.17. The number of rotatable bonds is 2. The highest BCUT2D eigenvalue weighted by Crippen LogP contribution is 2.37. The summed E-state index contributed by atoms with van der Waals surface area (Å²) in [5, 5.41) is 18.0. The predicted octanol–water partition coefficient (Wildman–Crippen LogP) is 0.790. The Hall–Kier alpha value is -1.91. The molecular formula is C10H10O5. The maximum absolute atomic E-state index is 10.6. The van der Waals surface area contributed by atoms with Gasteiger partial charge in [0.05, 0.1) is 6.42 Å². The SMILES string of the molecule is O=C(O)Cc1cc(O)cc2c1OCCO2. The number of hydrogen-bond donors (Lipinski definition) is 2. The van der Waals surface area contributed by atoms with Crippen LogP contribution in [0.4, 0.5) is 0 Å². The van der Waals surface area contributed by atoms with Crippen molar-refractivity contribution in [2.24, 2.45) is 0 Å². The van der Waals surface area contributed by atoms with E-state index in [4.69, 9.17) is 14.6 Å². The molecule has 0 unspecified atom stereocenters. The zero-order chi connectivity index (χ0) is 10.8. The van der Waals surface area contributed by atoms with Crippen molar-refractivity contribution in [3.05, 3.63) is 17.7 Å². The Kier molecular flexibility index (Phi) is 2.37. The molecule has 0 radical (unpaired) electrons. The van der Waals surface area contributed by atoms with Crippen molar-refractivity contribution in [2.45, 2.75) is 6.42 Å². The maximum atomic E-state index is 10.6. The molecule has 1 heterocycles. The topological polar surface area (TPSA) is 76.0 Å². The first-order chi connectivity index (χ1) is 7.16. The van der Waals surface area contributed by atoms with Gasteiger partial charge in [0.15, 0.2) is 11.5 Å². The molecular weight excluding hydrogens is 200 g/mol. The number of phenols is 1. The minimum atomic E-state index is -0.975. The number of aromatic hydroxyl groups is 1. The number of carbonyl (C=O) groups is 1. The van der Waals surface area contributed by atoms with Gasteiger partial charge in [0.2, 0.25) is 0 Å². The summed E-state index contributed by atoms with van der Waals surface area (Å²) in [6, 6.07) is 2.79. The molecule has 0 aromatic heterocycles. The largest absolute Gasteiger partial charge is 0.508 e. The molecule has 0 amide bonds. The minimum absolute atomic E-state index is 0.0181. The first-order valence-electron chi connectivity index (χ1n) is 4.50. The van der Waals surface area contributed by atoms with Crippen molar-refractivity contribution < 1.29 is 24.5 Å². The van der Waals surface area contributed by atoms with Gasteiger partial charge in [-0.3, -0.25) is 4.79 Å². The van der Waals surface area contributed by atoms with E-state index in [0.29, 0.717) is 30.3 Å². The van der Waals surface area contributed by atoms with Gasteiger partial charge in [0, 0.05) is 11.6 Å². The van der Waals surface area contributed by atoms with E-state index >= 15 is 0 Å². The van der Waals surface area contributed by atoms with Crippen molar-refractivity contribution in [1.29, 1.82) is 0 Å². The molecule has 5 nitrogen and oxygen atoms in total. The maximum Gasteiger partial charge on any atom is 0.307 e. The van der Waals surface area contributed by atoms with Gasteiger partial charge >= 0.3 is 5.97 Å². The average molecular weight is 210 g/mol. The van der Waals surface area contributed by atoms with Crippen LogP contribution in [0.2, 0.25) is 0 Å². The number of phenolic OH excluding ortho intramolecular Hbond substituents is 1. The van der Waals surface area contributed by atoms with Crippen LogP contribution in [0.15, 0.2) is 12.1 Å². The molecule has 5 heteroatoms. The van der Waals surface area contributed by atoms with Gasteiger partial charge in [0.25, 0.3) is 0 Å². The monoisotopic (exact) mass is 210 g/mol. The summed E-state index contributed by atoms with van der Waals surface area (Å²) < 4.78 is 10.6. The lowest BCUT2D eigenvalue weighted by molar-refractivity contribution is -0.136. The Morgan fingerprint density at radius 3 is 2.80 bits per heavy atom. The first kappa shape index (κ1) is 9.64. The Labute approximate surface area is 85.9 Å². The number of benzene rings is 1. The second kappa shape index (κ2) is 3.68. The van der Waals surface area contributed by atoms with Gasteiger partial charge in [0.1, 0.15) is 19.0 Å². The number of aliphatic carboxylic acids is 1. The van der Waals surface area contributed by atoms with Crippen LogP contribution in [0, 0.1) is 0 Å². The number of ether oxygens (including phenoxy) is 2. The van der Waals surface area contributed by atoms with E-state index in [0.717, 1.165) is 0 Å². The molecule has 1 aromatic carbocycles. The highest BCUT2D eigenvalue weighted by molar-refractivity contribution is 5.72. The highest BCUT2D eigenvalue weighted by Gasteiger charge is 2.19. The number of hydrogen-bond acceptors (Lipinski definition) is 4. The second-order valence-electron chi connectivity index (χ2n) is 3.20. The molecule has 0 fully saturated rings. The van der Waals surface area contributed by atoms with Crippen molar-refractivity contribution in [1.82, 2.24) is 0 Å². The van der Waals surface area contributed by atoms with Gasteiger partial charge < -0.3 is 19.7 Å². The smallest absolute Gasteiger partial charge is 0.307 e. The third-order valence-corrected chi connectivity index (χ3v) is 2.05. The Balaban J connectivity index is 2.43. The fourth-order valence-corrected chi connectivity index (χ4v) is 1.50. The third-order valence-electron chi connectivity index (χ3n) is 2.05. The molecule has 0 aliphatic carbocycles. The zero-order valence-electron chi connectivity index (χ0n) is 7.90. The molecule has 0 saturated carbocycles. The van der Waals surface area contributed by atoms with Crippen LogP contribution in [0.5, 0.6) is 17.2 Å².